The van der Waals surface area contributed by atoms with E-state index in [4.69, 9.17) is 9.47 Å². The van der Waals surface area contributed by atoms with Gasteiger partial charge in [-0.2, -0.15) is 0 Å². The first kappa shape index (κ1) is 20.1. The first-order valence-electron chi connectivity index (χ1n) is 9.54. The summed E-state index contributed by atoms with van der Waals surface area (Å²) in [6.45, 7) is 2.56. The van der Waals surface area contributed by atoms with Crippen molar-refractivity contribution in [2.24, 2.45) is 0 Å². The molecule has 0 aliphatic rings. The molecule has 0 spiro atoms. The summed E-state index contributed by atoms with van der Waals surface area (Å²) in [5, 5.41) is 13.6. The first-order valence-corrected chi connectivity index (χ1v) is 10.4. The maximum Gasteiger partial charge on any atom is 0.162 e. The van der Waals surface area contributed by atoms with Crippen LogP contribution < -0.4 is 14.8 Å². The Balaban J connectivity index is 1.63. The van der Waals surface area contributed by atoms with Gasteiger partial charge in [-0.05, 0) is 42.3 Å². The fraction of sp³-hybridized carbons (Fsp3) is 0.217. The normalized spacial score (nSPS) is 10.9. The highest BCUT2D eigenvalue weighted by Crippen LogP contribution is 2.34. The second-order valence-corrected chi connectivity index (χ2v) is 7.99. The molecule has 4 aromatic rings. The van der Waals surface area contributed by atoms with Crippen molar-refractivity contribution >= 4 is 28.1 Å². The number of anilines is 1. The number of fused-ring (bicyclic) bond motifs is 1. The molecule has 0 aliphatic heterocycles. The summed E-state index contributed by atoms with van der Waals surface area (Å²) in [5.74, 6) is 2.71. The van der Waals surface area contributed by atoms with Crippen LogP contribution in [-0.4, -0.2) is 29.3 Å². The Bertz CT molecular complexity index is 1190. The number of aliphatic hydroxyl groups is 1. The zero-order chi connectivity index (χ0) is 21.1. The average Bonchev–Trinajstić information content (AvgIpc) is 3.26. The summed E-state index contributed by atoms with van der Waals surface area (Å²) in [7, 11) is 3.23. The third kappa shape index (κ3) is 4.08. The minimum atomic E-state index is 0.0697. The Labute approximate surface area is 179 Å². The molecule has 0 fully saturated rings. The molecule has 2 aromatic carbocycles. The lowest BCUT2D eigenvalue weighted by molar-refractivity contribution is 0.285. The molecule has 0 amide bonds. The van der Waals surface area contributed by atoms with Crippen molar-refractivity contribution in [1.82, 2.24) is 9.97 Å². The third-order valence-corrected chi connectivity index (χ3v) is 5.92. The van der Waals surface area contributed by atoms with Crippen molar-refractivity contribution in [3.8, 4) is 21.9 Å². The van der Waals surface area contributed by atoms with Gasteiger partial charge in [0.25, 0.3) is 0 Å². The molecule has 2 aromatic heterocycles. The van der Waals surface area contributed by atoms with E-state index in [9.17, 15) is 5.11 Å². The van der Waals surface area contributed by atoms with Gasteiger partial charge < -0.3 is 19.9 Å². The lowest BCUT2D eigenvalue weighted by atomic mass is 10.1. The number of nitrogens with one attached hydrogen (secondary N) is 1. The number of aryl methyl sites for hydroxylation is 1. The topological polar surface area (TPSA) is 76.5 Å². The van der Waals surface area contributed by atoms with E-state index in [1.165, 1.54) is 0 Å². The van der Waals surface area contributed by atoms with Crippen LogP contribution in [0, 0.1) is 6.92 Å². The maximum atomic E-state index is 9.31. The third-order valence-electron chi connectivity index (χ3n) is 4.80. The van der Waals surface area contributed by atoms with Crippen LogP contribution in [0.15, 0.2) is 48.5 Å². The van der Waals surface area contributed by atoms with Gasteiger partial charge in [0.15, 0.2) is 11.5 Å². The molecule has 2 heterocycles. The summed E-state index contributed by atoms with van der Waals surface area (Å²) in [4.78, 5) is 11.2. The van der Waals surface area contributed by atoms with Gasteiger partial charge >= 0.3 is 0 Å². The number of ether oxygens (including phenoxy) is 2. The van der Waals surface area contributed by atoms with Gasteiger partial charge in [-0.3, -0.25) is 0 Å². The van der Waals surface area contributed by atoms with Crippen molar-refractivity contribution in [3.05, 3.63) is 64.8 Å². The number of rotatable bonds is 7. The number of benzene rings is 2. The minimum absolute atomic E-state index is 0.0697. The van der Waals surface area contributed by atoms with Gasteiger partial charge in [0.1, 0.15) is 11.6 Å². The fourth-order valence-electron chi connectivity index (χ4n) is 3.34. The van der Waals surface area contributed by atoms with E-state index in [1.54, 1.807) is 25.6 Å². The van der Waals surface area contributed by atoms with E-state index >= 15 is 0 Å². The first-order chi connectivity index (χ1) is 14.6. The van der Waals surface area contributed by atoms with Gasteiger partial charge in [0, 0.05) is 27.8 Å². The van der Waals surface area contributed by atoms with E-state index < -0.39 is 0 Å². The highest BCUT2D eigenvalue weighted by molar-refractivity contribution is 7.15. The van der Waals surface area contributed by atoms with Crippen molar-refractivity contribution in [1.29, 1.82) is 0 Å². The molecular weight excluding hydrogens is 398 g/mol. The lowest BCUT2D eigenvalue weighted by Gasteiger charge is -2.13. The van der Waals surface area contributed by atoms with Crippen LogP contribution in [0.25, 0.3) is 21.3 Å². The van der Waals surface area contributed by atoms with Gasteiger partial charge in [-0.25, -0.2) is 9.97 Å². The zero-order valence-electron chi connectivity index (χ0n) is 17.1. The molecule has 0 saturated carbocycles. The van der Waals surface area contributed by atoms with E-state index in [1.807, 2.05) is 37.3 Å². The second kappa shape index (κ2) is 8.69. The molecule has 7 heteroatoms. The molecular formula is C23H23N3O3S. The van der Waals surface area contributed by atoms with Crippen LogP contribution in [0.3, 0.4) is 0 Å². The average molecular weight is 422 g/mol. The number of aliphatic hydroxyl groups excluding tert-OH is 1. The Kier molecular flexibility index (Phi) is 5.83. The summed E-state index contributed by atoms with van der Waals surface area (Å²) < 4.78 is 10.8. The summed E-state index contributed by atoms with van der Waals surface area (Å²) in [6.07, 6.45) is 0. The smallest absolute Gasteiger partial charge is 0.162 e. The predicted octanol–water partition coefficient (Wildman–Crippen LogP) is 4.79. The molecule has 0 saturated heterocycles. The molecule has 0 radical (unpaired) electrons. The molecule has 6 nitrogen and oxygen atoms in total. The number of hydrogen-bond acceptors (Lipinski definition) is 7. The largest absolute Gasteiger partial charge is 0.493 e. The summed E-state index contributed by atoms with van der Waals surface area (Å²) in [6, 6.07) is 16.1. The number of hydrogen-bond donors (Lipinski definition) is 2. The summed E-state index contributed by atoms with van der Waals surface area (Å²) in [5.41, 5.74) is 3.07. The predicted molar refractivity (Wildman–Crippen MR) is 120 cm³/mol. The van der Waals surface area contributed by atoms with Crippen LogP contribution in [0.5, 0.6) is 11.5 Å². The molecule has 0 aliphatic carbocycles. The molecule has 0 bridgehead atoms. The Morgan fingerprint density at radius 3 is 2.53 bits per heavy atom. The quantitative estimate of drug-likeness (QED) is 0.447. The Hall–Kier alpha value is -3.16. The van der Waals surface area contributed by atoms with Crippen LogP contribution in [0.4, 0.5) is 5.82 Å². The molecule has 30 heavy (non-hydrogen) atoms. The molecule has 2 N–H and O–H groups in total. The molecule has 0 atom stereocenters. The van der Waals surface area contributed by atoms with Gasteiger partial charge in [0.2, 0.25) is 0 Å². The second-order valence-electron chi connectivity index (χ2n) is 6.82. The van der Waals surface area contributed by atoms with Crippen molar-refractivity contribution < 1.29 is 14.6 Å². The van der Waals surface area contributed by atoms with Crippen LogP contribution in [0.2, 0.25) is 0 Å². The van der Waals surface area contributed by atoms with Crippen LogP contribution in [0.1, 0.15) is 16.3 Å². The monoisotopic (exact) mass is 421 g/mol. The van der Waals surface area contributed by atoms with Crippen molar-refractivity contribution in [2.45, 2.75) is 20.1 Å². The number of thiophene rings is 1. The van der Waals surface area contributed by atoms with E-state index in [0.717, 1.165) is 37.6 Å². The molecule has 4 rings (SSSR count). The van der Waals surface area contributed by atoms with Crippen LogP contribution >= 0.6 is 11.3 Å². The van der Waals surface area contributed by atoms with Gasteiger partial charge in [0.05, 0.1) is 26.3 Å². The highest BCUT2D eigenvalue weighted by atomic mass is 32.1. The highest BCUT2D eigenvalue weighted by Gasteiger charge is 2.12. The van der Waals surface area contributed by atoms with Crippen LogP contribution in [-0.2, 0) is 13.2 Å². The fourth-order valence-corrected chi connectivity index (χ4v) is 4.21. The molecule has 0 unspecified atom stereocenters. The Morgan fingerprint density at radius 1 is 1.00 bits per heavy atom. The van der Waals surface area contributed by atoms with Gasteiger partial charge in [-0.15, -0.1) is 11.3 Å². The van der Waals surface area contributed by atoms with Crippen molar-refractivity contribution in [2.75, 3.05) is 19.5 Å². The van der Waals surface area contributed by atoms with Gasteiger partial charge in [-0.1, -0.05) is 18.2 Å². The Morgan fingerprint density at radius 2 is 1.80 bits per heavy atom. The maximum absolute atomic E-state index is 9.31. The lowest BCUT2D eigenvalue weighted by Crippen LogP contribution is -2.05. The van der Waals surface area contributed by atoms with E-state index in [-0.39, 0.29) is 6.61 Å². The standard InChI is InChI=1S/C23H23N3O3S/c1-14-25-19-11-21(29-3)20(28-2)10-18(19)23(26-14)24-12-15-5-4-6-16(9-15)22-8-7-17(13-27)30-22/h4-11,27H,12-13H2,1-3H3,(H,24,25,26). The number of nitrogens with zero attached hydrogens (tertiary/aromatic N) is 2. The minimum Gasteiger partial charge on any atom is -0.493 e. The number of aromatic nitrogens is 2. The van der Waals surface area contributed by atoms with E-state index in [0.29, 0.717) is 23.9 Å². The van der Waals surface area contributed by atoms with E-state index in [2.05, 4.69) is 33.5 Å². The van der Waals surface area contributed by atoms with Crippen molar-refractivity contribution in [3.63, 3.8) is 0 Å². The molecule has 154 valence electrons. The zero-order valence-corrected chi connectivity index (χ0v) is 17.9. The summed E-state index contributed by atoms with van der Waals surface area (Å²) >= 11 is 1.60. The SMILES string of the molecule is COc1cc2nc(C)nc(NCc3cccc(-c4ccc(CO)s4)c3)c2cc1OC. The number of methoxy groups -OCH3 is 2.